The molecule has 0 saturated heterocycles. The zero-order valence-corrected chi connectivity index (χ0v) is 18.8. The maximum absolute atomic E-state index is 11.5. The topological polar surface area (TPSA) is 67.4 Å². The Balaban J connectivity index is 1.42. The van der Waals surface area contributed by atoms with Crippen LogP contribution in [0.25, 0.3) is 0 Å². The quantitative estimate of drug-likeness (QED) is 0.173. The van der Waals surface area contributed by atoms with Crippen LogP contribution in [-0.2, 0) is 4.74 Å². The average molecular weight is 461 g/mol. The zero-order valence-electron chi connectivity index (χ0n) is 13.9. The molecule has 0 aromatic carbocycles. The van der Waals surface area contributed by atoms with Crippen LogP contribution in [0.4, 0.5) is 9.59 Å². The third-order valence-electron chi connectivity index (χ3n) is 3.96. The number of carbonyl (C=O) groups is 2. The first kappa shape index (κ1) is 22.1. The molecule has 0 heterocycles. The summed E-state index contributed by atoms with van der Waals surface area (Å²) in [6, 6.07) is 0. The van der Waals surface area contributed by atoms with Gasteiger partial charge in [-0.1, -0.05) is 60.1 Å². The lowest BCUT2D eigenvalue weighted by Crippen LogP contribution is -2.25. The molecule has 2 amide bonds. The van der Waals surface area contributed by atoms with Crippen LogP contribution in [0.15, 0.2) is 0 Å². The fraction of sp³-hybridized carbons (Fsp3) is 0.857. The largest absolute Gasteiger partial charge is 0.426 e. The predicted molar refractivity (Wildman–Crippen MR) is 117 cm³/mol. The summed E-state index contributed by atoms with van der Waals surface area (Å²) < 4.78 is 9.67. The van der Waals surface area contributed by atoms with Crippen molar-refractivity contribution >= 4 is 75.4 Å². The highest BCUT2D eigenvalue weighted by molar-refractivity contribution is 9.09. The first-order valence-corrected chi connectivity index (χ1v) is 15.6. The van der Waals surface area contributed by atoms with Crippen molar-refractivity contribution in [2.75, 3.05) is 0 Å². The van der Waals surface area contributed by atoms with Gasteiger partial charge in [0.1, 0.15) is 0 Å². The van der Waals surface area contributed by atoms with Crippen LogP contribution in [0, 0.1) is 0 Å². The number of ether oxygens (including phenoxy) is 1. The number of nitrogens with one attached hydrogen (secondary N) is 2. The highest BCUT2D eigenvalue weighted by Gasteiger charge is 2.16. The smallest absolute Gasteiger partial charge is 0.358 e. The van der Waals surface area contributed by atoms with Gasteiger partial charge in [-0.25, -0.2) is 9.59 Å². The van der Waals surface area contributed by atoms with Gasteiger partial charge < -0.3 is 4.74 Å². The minimum Gasteiger partial charge on any atom is -0.358 e. The second kappa shape index (κ2) is 13.9. The molecule has 0 aromatic heterocycles. The maximum Gasteiger partial charge on any atom is 0.426 e. The van der Waals surface area contributed by atoms with E-state index in [2.05, 4.69) is 14.2 Å². The molecule has 0 unspecified atom stereocenters. The Bertz CT molecular complexity index is 370. The molecule has 0 aliphatic heterocycles. The van der Waals surface area contributed by atoms with Crippen molar-refractivity contribution in [2.45, 2.75) is 74.7 Å². The second-order valence-corrected chi connectivity index (χ2v) is 14.0. The van der Waals surface area contributed by atoms with E-state index in [9.17, 15) is 9.59 Å². The number of rotatable bonds is 8. The molecule has 11 heteroatoms. The number of carbonyl (C=O) groups excluding carboxylic acids is 2. The van der Waals surface area contributed by atoms with Gasteiger partial charge in [0, 0.05) is 32.5 Å². The Morgan fingerprint density at radius 3 is 1.48 bits per heavy atom. The summed E-state index contributed by atoms with van der Waals surface area (Å²) in [4.78, 5) is 23.1. The highest BCUT2D eigenvalue weighted by Crippen LogP contribution is 2.42. The maximum atomic E-state index is 11.5. The van der Waals surface area contributed by atoms with Gasteiger partial charge in [0.25, 0.3) is 0 Å². The molecule has 25 heavy (non-hydrogen) atoms. The van der Waals surface area contributed by atoms with Crippen molar-refractivity contribution in [3.05, 3.63) is 0 Å². The lowest BCUT2D eigenvalue weighted by molar-refractivity contribution is 0.159. The lowest BCUT2D eigenvalue weighted by Gasteiger charge is -2.19. The van der Waals surface area contributed by atoms with Gasteiger partial charge in [-0.05, 0) is 45.3 Å². The van der Waals surface area contributed by atoms with Gasteiger partial charge >= 0.3 is 12.2 Å². The molecule has 0 aromatic rings. The molecule has 0 atom stereocenters. The predicted octanol–water partition coefficient (Wildman–Crippen LogP) is 6.98. The summed E-state index contributed by atoms with van der Waals surface area (Å²) in [6.45, 7) is 0. The summed E-state index contributed by atoms with van der Waals surface area (Å²) in [5.74, 6) is 0. The molecule has 144 valence electrons. The van der Waals surface area contributed by atoms with Crippen molar-refractivity contribution in [3.8, 4) is 0 Å². The number of hydrogen-bond acceptors (Lipinski definition) is 9. The SMILES string of the molecule is O=C(NSSSC1CCCCC1)OC(=O)NSSSC1CCCCC1. The van der Waals surface area contributed by atoms with Crippen LogP contribution in [-0.4, -0.2) is 22.7 Å². The monoisotopic (exact) mass is 460 g/mol. The minimum atomic E-state index is -0.732. The number of hydrogen-bond donors (Lipinski definition) is 2. The van der Waals surface area contributed by atoms with Crippen LogP contribution >= 0.6 is 63.2 Å². The molecule has 0 bridgehead atoms. The third-order valence-corrected chi connectivity index (χ3v) is 11.9. The third kappa shape index (κ3) is 10.7. The lowest BCUT2D eigenvalue weighted by atomic mass is 10.0. The Morgan fingerprint density at radius 1 is 0.680 bits per heavy atom. The average Bonchev–Trinajstić information content (AvgIpc) is 2.64. The summed E-state index contributed by atoms with van der Waals surface area (Å²) in [7, 11) is 9.04. The minimum absolute atomic E-state index is 0.669. The molecule has 0 spiro atoms. The summed E-state index contributed by atoms with van der Waals surface area (Å²) in [5.41, 5.74) is 0. The van der Waals surface area contributed by atoms with E-state index in [0.717, 1.165) is 0 Å². The van der Waals surface area contributed by atoms with Gasteiger partial charge in [-0.2, -0.15) is 0 Å². The molecule has 2 aliphatic rings. The highest BCUT2D eigenvalue weighted by atomic mass is 33.5. The number of amides is 2. The van der Waals surface area contributed by atoms with Crippen LogP contribution in [0.2, 0.25) is 0 Å². The van der Waals surface area contributed by atoms with Gasteiger partial charge in [0.15, 0.2) is 0 Å². The van der Waals surface area contributed by atoms with Crippen molar-refractivity contribution in [3.63, 3.8) is 0 Å². The van der Waals surface area contributed by atoms with Crippen molar-refractivity contribution in [1.29, 1.82) is 0 Å². The molecule has 0 radical (unpaired) electrons. The standard InChI is InChI=1S/C14H24N2O3S6/c17-13(15-22-24-20-11-7-3-1-4-8-11)19-14(18)16-23-25-21-12-9-5-2-6-10-12/h11-12H,1-10H2,(H,15,17)(H,16,18). The van der Waals surface area contributed by atoms with E-state index in [1.807, 2.05) is 0 Å². The van der Waals surface area contributed by atoms with Crippen molar-refractivity contribution < 1.29 is 14.3 Å². The molecule has 2 fully saturated rings. The molecule has 5 nitrogen and oxygen atoms in total. The van der Waals surface area contributed by atoms with E-state index >= 15 is 0 Å². The van der Waals surface area contributed by atoms with E-state index in [0.29, 0.717) is 10.5 Å². The zero-order chi connectivity index (χ0) is 17.7. The van der Waals surface area contributed by atoms with Crippen LogP contribution in [0.1, 0.15) is 64.2 Å². The molecule has 2 N–H and O–H groups in total. The summed E-state index contributed by atoms with van der Waals surface area (Å²) >= 11 is 0. The first-order valence-electron chi connectivity index (χ1n) is 8.50. The van der Waals surface area contributed by atoms with E-state index in [1.165, 1.54) is 106 Å². The second-order valence-electron chi connectivity index (χ2n) is 5.90. The van der Waals surface area contributed by atoms with Gasteiger partial charge in [0.05, 0.1) is 0 Å². The van der Waals surface area contributed by atoms with Crippen LogP contribution < -0.4 is 9.44 Å². The van der Waals surface area contributed by atoms with E-state index in [1.54, 1.807) is 21.6 Å². The Kier molecular flexibility index (Phi) is 12.3. The molecule has 2 rings (SSSR count). The Morgan fingerprint density at radius 2 is 1.08 bits per heavy atom. The van der Waals surface area contributed by atoms with Gasteiger partial charge in [-0.3, -0.25) is 9.44 Å². The first-order chi connectivity index (χ1) is 12.2. The Hall–Kier alpha value is 0.840. The van der Waals surface area contributed by atoms with Gasteiger partial charge in [-0.15, -0.1) is 0 Å². The molecule has 2 aliphatic carbocycles. The van der Waals surface area contributed by atoms with E-state index < -0.39 is 12.2 Å². The van der Waals surface area contributed by atoms with E-state index in [4.69, 9.17) is 0 Å². The normalized spacial score (nSPS) is 19.4. The molecular weight excluding hydrogens is 437 g/mol. The molecular formula is C14H24N2O3S6. The van der Waals surface area contributed by atoms with Crippen LogP contribution in [0.5, 0.6) is 0 Å². The summed E-state index contributed by atoms with van der Waals surface area (Å²) in [6.07, 6.45) is 11.4. The fourth-order valence-electron chi connectivity index (χ4n) is 2.70. The summed E-state index contributed by atoms with van der Waals surface area (Å²) in [5, 5.41) is 1.34. The van der Waals surface area contributed by atoms with E-state index in [-0.39, 0.29) is 0 Å². The van der Waals surface area contributed by atoms with Crippen molar-refractivity contribution in [1.82, 2.24) is 9.44 Å². The van der Waals surface area contributed by atoms with Gasteiger partial charge in [0.2, 0.25) is 0 Å². The Labute approximate surface area is 173 Å². The van der Waals surface area contributed by atoms with Crippen LogP contribution in [0.3, 0.4) is 0 Å². The molecule has 2 saturated carbocycles. The fourth-order valence-corrected chi connectivity index (χ4v) is 10.3. The van der Waals surface area contributed by atoms with Crippen molar-refractivity contribution in [2.24, 2.45) is 0 Å².